The summed E-state index contributed by atoms with van der Waals surface area (Å²) in [6.07, 6.45) is 2.85. The number of benzene rings is 1. The van der Waals surface area contributed by atoms with Crippen LogP contribution < -0.4 is 4.74 Å². The van der Waals surface area contributed by atoms with Crippen LogP contribution in [0, 0.1) is 17.3 Å². The van der Waals surface area contributed by atoms with Crippen molar-refractivity contribution in [3.63, 3.8) is 0 Å². The lowest BCUT2D eigenvalue weighted by molar-refractivity contribution is -0.208. The molecule has 6 aliphatic rings. The maximum atomic E-state index is 13.7. The van der Waals surface area contributed by atoms with E-state index in [2.05, 4.69) is 6.58 Å². The van der Waals surface area contributed by atoms with Crippen LogP contribution >= 0.6 is 0 Å². The summed E-state index contributed by atoms with van der Waals surface area (Å²) in [5.41, 5.74) is -0.0177. The fraction of sp³-hybridized carbons (Fsp3) is 0.500. The van der Waals surface area contributed by atoms with Gasteiger partial charge in [0.2, 0.25) is 12.0 Å². The molecule has 12 heteroatoms. The topological polar surface area (TPSA) is 161 Å². The van der Waals surface area contributed by atoms with E-state index >= 15 is 0 Å². The van der Waals surface area contributed by atoms with E-state index in [0.29, 0.717) is 48.8 Å². The number of hydrogen-bond donors (Lipinski definition) is 1. The third kappa shape index (κ3) is 6.54. The van der Waals surface area contributed by atoms with Crippen molar-refractivity contribution < 1.29 is 57.5 Å². The lowest BCUT2D eigenvalue weighted by atomic mass is 9.48. The molecule has 2 heterocycles. The molecule has 12 nitrogen and oxygen atoms in total. The van der Waals surface area contributed by atoms with Gasteiger partial charge in [0.25, 0.3) is 0 Å². The van der Waals surface area contributed by atoms with Crippen molar-refractivity contribution in [2.75, 3.05) is 0 Å². The van der Waals surface area contributed by atoms with Crippen molar-refractivity contribution in [1.82, 2.24) is 0 Å². The summed E-state index contributed by atoms with van der Waals surface area (Å²) in [5, 5.41) is 10.2. The smallest absolute Gasteiger partial charge is 0.375 e. The monoisotopic (exact) mass is 690 g/mol. The van der Waals surface area contributed by atoms with E-state index < -0.39 is 59.4 Å². The third-order valence-corrected chi connectivity index (χ3v) is 10.6. The Bertz CT molecular complexity index is 1780. The van der Waals surface area contributed by atoms with Gasteiger partial charge in [0.1, 0.15) is 23.0 Å². The zero-order valence-corrected chi connectivity index (χ0v) is 29.1. The molecule has 50 heavy (non-hydrogen) atoms. The van der Waals surface area contributed by atoms with Crippen LogP contribution in [0.15, 0.2) is 58.6 Å². The van der Waals surface area contributed by atoms with Crippen LogP contribution in [0.1, 0.15) is 96.0 Å². The van der Waals surface area contributed by atoms with Crippen molar-refractivity contribution in [1.29, 1.82) is 0 Å². The van der Waals surface area contributed by atoms with Crippen LogP contribution in [0.5, 0.6) is 5.75 Å². The highest BCUT2D eigenvalue weighted by Crippen LogP contribution is 2.63. The summed E-state index contributed by atoms with van der Waals surface area (Å²) in [6.45, 7) is 13.4. The van der Waals surface area contributed by atoms with Crippen molar-refractivity contribution >= 4 is 35.9 Å². The van der Waals surface area contributed by atoms with Gasteiger partial charge >= 0.3 is 29.8 Å². The number of esters is 5. The van der Waals surface area contributed by atoms with Crippen LogP contribution in [0.3, 0.4) is 0 Å². The molecule has 266 valence electrons. The molecule has 1 aromatic rings. The minimum absolute atomic E-state index is 0.0535. The van der Waals surface area contributed by atoms with Gasteiger partial charge in [0, 0.05) is 23.1 Å². The number of aliphatic hydroxyl groups is 1. The molecule has 1 aromatic carbocycles. The molecule has 4 fully saturated rings. The highest BCUT2D eigenvalue weighted by Gasteiger charge is 2.63. The van der Waals surface area contributed by atoms with Crippen molar-refractivity contribution in [2.45, 2.75) is 104 Å². The van der Waals surface area contributed by atoms with Crippen LogP contribution in [0.4, 0.5) is 0 Å². The second-order valence-corrected chi connectivity index (χ2v) is 14.6. The molecule has 5 atom stereocenters. The second-order valence-electron chi connectivity index (χ2n) is 14.6. The van der Waals surface area contributed by atoms with Gasteiger partial charge in [-0.1, -0.05) is 12.6 Å². The third-order valence-electron chi connectivity index (χ3n) is 10.6. The van der Waals surface area contributed by atoms with Gasteiger partial charge in [-0.15, -0.1) is 0 Å². The van der Waals surface area contributed by atoms with E-state index in [-0.39, 0.29) is 45.8 Å². The normalized spacial score (nSPS) is 31.5. The van der Waals surface area contributed by atoms with E-state index in [4.69, 9.17) is 28.4 Å². The average Bonchev–Trinajstić information content (AvgIpc) is 3.42. The SMILES string of the molecule is C=C(C)C(=O)Oc1ccc(/C=C(\C)C(=O)OC23CC4CC(C2)CC(C(=O)OC2=C(C)C(C)OC2=O)(C4)C3)cc1C(=O)OC1=C(C)C(C)OC1O. The maximum Gasteiger partial charge on any atom is 0.375 e. The van der Waals surface area contributed by atoms with Crippen LogP contribution in [-0.4, -0.2) is 59.1 Å². The van der Waals surface area contributed by atoms with Crippen LogP contribution in [0.25, 0.3) is 6.08 Å². The van der Waals surface area contributed by atoms with Gasteiger partial charge < -0.3 is 33.5 Å². The van der Waals surface area contributed by atoms with E-state index in [0.717, 1.165) is 6.42 Å². The minimum Gasteiger partial charge on any atom is -0.456 e. The van der Waals surface area contributed by atoms with E-state index in [9.17, 15) is 29.1 Å². The summed E-state index contributed by atoms with van der Waals surface area (Å²) >= 11 is 0. The van der Waals surface area contributed by atoms with Gasteiger partial charge in [0.05, 0.1) is 11.5 Å². The van der Waals surface area contributed by atoms with Gasteiger partial charge in [0.15, 0.2) is 5.76 Å². The molecule has 4 bridgehead atoms. The predicted molar refractivity (Wildman–Crippen MR) is 175 cm³/mol. The summed E-state index contributed by atoms with van der Waals surface area (Å²) in [4.78, 5) is 65.5. The molecule has 0 amide bonds. The number of ether oxygens (including phenoxy) is 6. The molecule has 4 saturated carbocycles. The molecular formula is C38H42O12. The van der Waals surface area contributed by atoms with Gasteiger partial charge in [-0.05, 0) is 115 Å². The lowest BCUT2D eigenvalue weighted by Crippen LogP contribution is -2.60. The molecular weight excluding hydrogens is 648 g/mol. The molecule has 7 rings (SSSR count). The lowest BCUT2D eigenvalue weighted by Gasteiger charge is -2.59. The average molecular weight is 691 g/mol. The second kappa shape index (κ2) is 13.0. The van der Waals surface area contributed by atoms with E-state index in [1.54, 1.807) is 40.7 Å². The fourth-order valence-corrected chi connectivity index (χ4v) is 8.20. The summed E-state index contributed by atoms with van der Waals surface area (Å²) in [5.74, 6) is -3.25. The number of hydrogen-bond acceptors (Lipinski definition) is 12. The Hall–Kier alpha value is -4.55. The number of carbonyl (C=O) groups is 5. The van der Waals surface area contributed by atoms with Crippen LogP contribution in [-0.2, 0) is 42.9 Å². The zero-order chi connectivity index (χ0) is 36.3. The first-order chi connectivity index (χ1) is 23.5. The molecule has 5 unspecified atom stereocenters. The van der Waals surface area contributed by atoms with Crippen molar-refractivity contribution in [3.05, 3.63) is 69.7 Å². The first kappa shape index (κ1) is 35.3. The van der Waals surface area contributed by atoms with Gasteiger partial charge in [-0.25, -0.2) is 19.2 Å². The Morgan fingerprint density at radius 3 is 2.20 bits per heavy atom. The molecule has 2 aliphatic heterocycles. The fourth-order valence-electron chi connectivity index (χ4n) is 8.20. The van der Waals surface area contributed by atoms with Gasteiger partial charge in [-0.3, -0.25) is 4.79 Å². The summed E-state index contributed by atoms with van der Waals surface area (Å²) < 4.78 is 33.4. The first-order valence-corrected chi connectivity index (χ1v) is 16.8. The summed E-state index contributed by atoms with van der Waals surface area (Å²) in [7, 11) is 0. The molecule has 0 aromatic heterocycles. The Balaban J connectivity index is 1.22. The Morgan fingerprint density at radius 1 is 0.940 bits per heavy atom. The quantitative estimate of drug-likeness (QED) is 0.153. The number of cyclic esters (lactones) is 1. The predicted octanol–water partition coefficient (Wildman–Crippen LogP) is 5.38. The Morgan fingerprint density at radius 2 is 1.62 bits per heavy atom. The number of rotatable bonds is 9. The first-order valence-electron chi connectivity index (χ1n) is 16.8. The van der Waals surface area contributed by atoms with E-state index in [1.807, 2.05) is 0 Å². The number of carbonyl (C=O) groups excluding carboxylic acids is 5. The molecule has 0 saturated heterocycles. The van der Waals surface area contributed by atoms with Gasteiger partial charge in [-0.2, -0.15) is 0 Å². The molecule has 4 aliphatic carbocycles. The highest BCUT2D eigenvalue weighted by molar-refractivity contribution is 5.98. The Kier molecular flexibility index (Phi) is 9.15. The van der Waals surface area contributed by atoms with Crippen LogP contribution in [0.2, 0.25) is 0 Å². The minimum atomic E-state index is -1.44. The maximum absolute atomic E-state index is 13.7. The standard InChI is InChI=1S/C38H42O12/c1-18(2)31(39)47-28-9-8-24(12-27(28)33(41)48-29-20(4)22(6)45-34(29)42)10-19(3)32(40)50-38-15-25-11-26(16-38)14-37(13-25,17-38)36(44)49-30-21(5)23(7)46-35(30)43/h8-10,12,22-23,25-26,34,42H,1,11,13-17H2,2-7H3/b19-10+. The Labute approximate surface area is 290 Å². The summed E-state index contributed by atoms with van der Waals surface area (Å²) in [6, 6.07) is 4.37. The largest absolute Gasteiger partial charge is 0.456 e. The zero-order valence-electron chi connectivity index (χ0n) is 29.1. The van der Waals surface area contributed by atoms with E-state index in [1.165, 1.54) is 25.1 Å². The van der Waals surface area contributed by atoms with Crippen molar-refractivity contribution in [2.24, 2.45) is 17.3 Å². The highest BCUT2D eigenvalue weighted by atomic mass is 16.7. The molecule has 1 N–H and O–H groups in total. The molecule has 0 radical (unpaired) electrons. The van der Waals surface area contributed by atoms with Crippen molar-refractivity contribution in [3.8, 4) is 5.75 Å². The molecule has 0 spiro atoms. The number of aliphatic hydroxyl groups excluding tert-OH is 1.